The quantitative estimate of drug-likeness (QED) is 0.638. The second-order valence-electron chi connectivity index (χ2n) is 5.87. The van der Waals surface area contributed by atoms with Gasteiger partial charge in [0.2, 0.25) is 5.82 Å². The first-order valence-electron chi connectivity index (χ1n) is 7.11. The molecule has 0 unspecified atom stereocenters. The summed E-state index contributed by atoms with van der Waals surface area (Å²) in [6, 6.07) is 3.13. The molecular weight excluding hydrogens is 270 g/mol. The van der Waals surface area contributed by atoms with Gasteiger partial charge in [0.25, 0.3) is 0 Å². The maximum atomic E-state index is 11.2. The maximum absolute atomic E-state index is 11.2. The Morgan fingerprint density at radius 3 is 2.48 bits per heavy atom. The molecule has 1 N–H and O–H groups in total. The molecule has 21 heavy (non-hydrogen) atoms. The number of hydrogen-bond donors (Lipinski definition) is 1. The Kier molecular flexibility index (Phi) is 4.32. The molecule has 7 nitrogen and oxygen atoms in total. The Hall–Kier alpha value is -1.89. The van der Waals surface area contributed by atoms with Crippen molar-refractivity contribution in [2.24, 2.45) is 0 Å². The van der Waals surface area contributed by atoms with E-state index in [1.807, 2.05) is 11.9 Å². The SMILES string of the molecule is CNc1ccc([N+](=O)[O-])c(N(C)CC2(N(C)C)CCC2)n1. The third-order valence-electron chi connectivity index (χ3n) is 4.43. The van der Waals surface area contributed by atoms with Crippen LogP contribution in [0, 0.1) is 10.1 Å². The zero-order chi connectivity index (χ0) is 15.6. The zero-order valence-corrected chi connectivity index (χ0v) is 13.1. The number of likely N-dealkylation sites (N-methyl/N-ethyl adjacent to an activating group) is 2. The summed E-state index contributed by atoms with van der Waals surface area (Å²) in [5.74, 6) is 1.05. The summed E-state index contributed by atoms with van der Waals surface area (Å²) < 4.78 is 0. The Morgan fingerprint density at radius 1 is 1.38 bits per heavy atom. The Morgan fingerprint density at radius 2 is 2.05 bits per heavy atom. The van der Waals surface area contributed by atoms with Gasteiger partial charge in [0.05, 0.1) is 4.92 Å². The number of anilines is 2. The second kappa shape index (κ2) is 5.85. The number of nitro groups is 1. The Balaban J connectivity index is 2.29. The van der Waals surface area contributed by atoms with Crippen LogP contribution in [0.2, 0.25) is 0 Å². The topological polar surface area (TPSA) is 74.5 Å². The monoisotopic (exact) mass is 293 g/mol. The van der Waals surface area contributed by atoms with Crippen LogP contribution in [0.25, 0.3) is 0 Å². The van der Waals surface area contributed by atoms with Crippen molar-refractivity contribution in [3.8, 4) is 0 Å². The first-order valence-corrected chi connectivity index (χ1v) is 7.11. The smallest absolute Gasteiger partial charge is 0.311 e. The van der Waals surface area contributed by atoms with Gasteiger partial charge in [-0.25, -0.2) is 4.98 Å². The van der Waals surface area contributed by atoms with E-state index in [2.05, 4.69) is 29.3 Å². The van der Waals surface area contributed by atoms with Crippen LogP contribution in [0.4, 0.5) is 17.3 Å². The van der Waals surface area contributed by atoms with Gasteiger partial charge in [0.1, 0.15) is 5.82 Å². The molecule has 2 rings (SSSR count). The van der Waals surface area contributed by atoms with E-state index in [4.69, 9.17) is 0 Å². The fourth-order valence-corrected chi connectivity index (χ4v) is 2.85. The minimum absolute atomic E-state index is 0.0460. The van der Waals surface area contributed by atoms with Crippen molar-refractivity contribution in [1.29, 1.82) is 0 Å². The van der Waals surface area contributed by atoms with Gasteiger partial charge in [-0.15, -0.1) is 0 Å². The van der Waals surface area contributed by atoms with Crippen molar-refractivity contribution in [3.63, 3.8) is 0 Å². The third kappa shape index (κ3) is 2.92. The summed E-state index contributed by atoms with van der Waals surface area (Å²) in [6.07, 6.45) is 3.44. The molecule has 1 aliphatic rings. The van der Waals surface area contributed by atoms with Crippen molar-refractivity contribution in [1.82, 2.24) is 9.88 Å². The minimum atomic E-state index is -0.374. The first-order chi connectivity index (χ1) is 9.89. The molecule has 7 heteroatoms. The number of hydrogen-bond acceptors (Lipinski definition) is 6. The van der Waals surface area contributed by atoms with Crippen LogP contribution in [0.5, 0.6) is 0 Å². The molecule has 0 atom stereocenters. The predicted molar refractivity (Wildman–Crippen MR) is 84.0 cm³/mol. The van der Waals surface area contributed by atoms with Crippen LogP contribution in [-0.4, -0.2) is 55.1 Å². The molecule has 1 fully saturated rings. The lowest BCUT2D eigenvalue weighted by Gasteiger charge is -2.49. The first kappa shape index (κ1) is 15.5. The van der Waals surface area contributed by atoms with Gasteiger partial charge in [-0.2, -0.15) is 0 Å². The standard InChI is InChI=1S/C14H23N5O2/c1-15-12-7-6-11(19(20)21)13(16-12)18(4)10-14(17(2)3)8-5-9-14/h6-7H,5,8-10H2,1-4H3,(H,15,16). The lowest BCUT2D eigenvalue weighted by Crippen LogP contribution is -2.56. The summed E-state index contributed by atoms with van der Waals surface area (Å²) in [6.45, 7) is 0.737. The van der Waals surface area contributed by atoms with E-state index in [1.165, 1.54) is 12.5 Å². The van der Waals surface area contributed by atoms with Crippen LogP contribution < -0.4 is 10.2 Å². The van der Waals surface area contributed by atoms with E-state index in [0.717, 1.165) is 19.4 Å². The van der Waals surface area contributed by atoms with Crippen molar-refractivity contribution >= 4 is 17.3 Å². The van der Waals surface area contributed by atoms with E-state index in [0.29, 0.717) is 11.6 Å². The molecule has 0 aromatic carbocycles. The van der Waals surface area contributed by atoms with Crippen LogP contribution in [0.15, 0.2) is 12.1 Å². The van der Waals surface area contributed by atoms with Gasteiger partial charge in [0, 0.05) is 32.2 Å². The molecular formula is C14H23N5O2. The normalized spacial score (nSPS) is 16.4. The molecule has 1 aromatic heterocycles. The lowest BCUT2D eigenvalue weighted by molar-refractivity contribution is -0.384. The summed E-state index contributed by atoms with van der Waals surface area (Å²) in [5, 5.41) is 14.1. The summed E-state index contributed by atoms with van der Waals surface area (Å²) in [7, 11) is 7.77. The number of pyridine rings is 1. The van der Waals surface area contributed by atoms with Crippen LogP contribution >= 0.6 is 0 Å². The maximum Gasteiger partial charge on any atom is 0.311 e. The van der Waals surface area contributed by atoms with Crippen molar-refractivity contribution in [3.05, 3.63) is 22.2 Å². The van der Waals surface area contributed by atoms with E-state index in [1.54, 1.807) is 13.1 Å². The molecule has 0 amide bonds. The molecule has 0 saturated heterocycles. The number of rotatable bonds is 6. The van der Waals surface area contributed by atoms with Gasteiger partial charge in [-0.05, 0) is 39.4 Å². The van der Waals surface area contributed by atoms with E-state index in [-0.39, 0.29) is 16.1 Å². The zero-order valence-electron chi connectivity index (χ0n) is 13.1. The van der Waals surface area contributed by atoms with Crippen molar-refractivity contribution in [2.45, 2.75) is 24.8 Å². The molecule has 0 aliphatic heterocycles. The fraction of sp³-hybridized carbons (Fsp3) is 0.643. The minimum Gasteiger partial charge on any atom is -0.373 e. The highest BCUT2D eigenvalue weighted by Gasteiger charge is 2.40. The molecule has 1 saturated carbocycles. The highest BCUT2D eigenvalue weighted by molar-refractivity contribution is 5.61. The van der Waals surface area contributed by atoms with Gasteiger partial charge in [0.15, 0.2) is 0 Å². The Labute approximate surface area is 125 Å². The highest BCUT2D eigenvalue weighted by Crippen LogP contribution is 2.38. The lowest BCUT2D eigenvalue weighted by atomic mass is 9.75. The molecule has 1 aromatic rings. The number of aromatic nitrogens is 1. The summed E-state index contributed by atoms with van der Waals surface area (Å²) in [5.41, 5.74) is 0.143. The van der Waals surface area contributed by atoms with Crippen LogP contribution in [0.1, 0.15) is 19.3 Å². The average Bonchev–Trinajstić information content (AvgIpc) is 2.41. The van der Waals surface area contributed by atoms with E-state index < -0.39 is 0 Å². The van der Waals surface area contributed by atoms with Gasteiger partial charge < -0.3 is 15.1 Å². The van der Waals surface area contributed by atoms with Crippen LogP contribution in [-0.2, 0) is 0 Å². The molecule has 116 valence electrons. The summed E-state index contributed by atoms with van der Waals surface area (Å²) in [4.78, 5) is 19.3. The number of nitrogens with zero attached hydrogens (tertiary/aromatic N) is 4. The largest absolute Gasteiger partial charge is 0.373 e. The molecule has 0 spiro atoms. The average molecular weight is 293 g/mol. The predicted octanol–water partition coefficient (Wildman–Crippen LogP) is 1.95. The van der Waals surface area contributed by atoms with Crippen molar-refractivity contribution < 1.29 is 4.92 Å². The molecule has 0 bridgehead atoms. The van der Waals surface area contributed by atoms with Crippen LogP contribution in [0.3, 0.4) is 0 Å². The molecule has 0 radical (unpaired) electrons. The van der Waals surface area contributed by atoms with Gasteiger partial charge >= 0.3 is 5.69 Å². The molecule has 1 heterocycles. The van der Waals surface area contributed by atoms with E-state index in [9.17, 15) is 10.1 Å². The van der Waals surface area contributed by atoms with Crippen molar-refractivity contribution in [2.75, 3.05) is 45.0 Å². The van der Waals surface area contributed by atoms with Gasteiger partial charge in [-0.1, -0.05) is 0 Å². The Bertz CT molecular complexity index is 528. The number of nitrogens with one attached hydrogen (secondary N) is 1. The highest BCUT2D eigenvalue weighted by atomic mass is 16.6. The fourth-order valence-electron chi connectivity index (χ4n) is 2.85. The second-order valence-corrected chi connectivity index (χ2v) is 5.87. The third-order valence-corrected chi connectivity index (χ3v) is 4.43. The van der Waals surface area contributed by atoms with Gasteiger partial charge in [-0.3, -0.25) is 10.1 Å². The summed E-state index contributed by atoms with van der Waals surface area (Å²) >= 11 is 0. The van der Waals surface area contributed by atoms with E-state index >= 15 is 0 Å². The molecule has 1 aliphatic carbocycles.